The summed E-state index contributed by atoms with van der Waals surface area (Å²) in [6.45, 7) is 5.83. The lowest BCUT2D eigenvalue weighted by atomic mass is 10.0. The summed E-state index contributed by atoms with van der Waals surface area (Å²) < 4.78 is 25.6. The largest absolute Gasteiger partial charge is 0.316 e. The molecule has 0 heterocycles. The summed E-state index contributed by atoms with van der Waals surface area (Å²) >= 11 is 0. The molecular weight excluding hydrogens is 196 g/mol. The Bertz CT molecular complexity index is 312. The maximum atomic E-state index is 12.9. The Morgan fingerprint density at radius 3 is 2.60 bits per heavy atom. The van der Waals surface area contributed by atoms with Gasteiger partial charge < -0.3 is 5.32 Å². The van der Waals surface area contributed by atoms with Gasteiger partial charge in [-0.3, -0.25) is 0 Å². The van der Waals surface area contributed by atoms with Crippen molar-refractivity contribution < 1.29 is 8.78 Å². The van der Waals surface area contributed by atoms with Gasteiger partial charge in [-0.25, -0.2) is 8.78 Å². The van der Waals surface area contributed by atoms with Crippen LogP contribution >= 0.6 is 0 Å². The van der Waals surface area contributed by atoms with Crippen molar-refractivity contribution in [1.82, 2.24) is 5.32 Å². The standard InChI is InChI=1S/C12H17F2N/c1-3-6-15-8-9(2)10-4-5-11(13)12(14)7-10/h4-5,7,9,15H,3,6,8H2,1-2H3. The molecule has 0 amide bonds. The lowest BCUT2D eigenvalue weighted by Gasteiger charge is -2.12. The highest BCUT2D eigenvalue weighted by atomic mass is 19.2. The van der Waals surface area contributed by atoms with Gasteiger partial charge in [-0.15, -0.1) is 0 Å². The molecule has 0 radical (unpaired) electrons. The van der Waals surface area contributed by atoms with Crippen molar-refractivity contribution in [3.05, 3.63) is 35.4 Å². The van der Waals surface area contributed by atoms with Crippen molar-refractivity contribution in [2.75, 3.05) is 13.1 Å². The molecule has 1 unspecified atom stereocenters. The molecule has 0 aromatic heterocycles. The van der Waals surface area contributed by atoms with E-state index in [0.717, 1.165) is 25.1 Å². The first-order valence-corrected chi connectivity index (χ1v) is 5.30. The van der Waals surface area contributed by atoms with Crippen molar-refractivity contribution in [3.63, 3.8) is 0 Å². The van der Waals surface area contributed by atoms with E-state index in [1.54, 1.807) is 6.07 Å². The van der Waals surface area contributed by atoms with Gasteiger partial charge in [0.15, 0.2) is 11.6 Å². The van der Waals surface area contributed by atoms with Crippen LogP contribution < -0.4 is 5.32 Å². The van der Waals surface area contributed by atoms with Crippen LogP contribution in [0.15, 0.2) is 18.2 Å². The number of halogens is 2. The van der Waals surface area contributed by atoms with Gasteiger partial charge in [0.2, 0.25) is 0 Å². The van der Waals surface area contributed by atoms with Gasteiger partial charge in [0.1, 0.15) is 0 Å². The van der Waals surface area contributed by atoms with Crippen LogP contribution in [0.3, 0.4) is 0 Å². The molecule has 1 N–H and O–H groups in total. The molecule has 15 heavy (non-hydrogen) atoms. The second-order valence-electron chi connectivity index (χ2n) is 3.78. The van der Waals surface area contributed by atoms with Gasteiger partial charge in [0.05, 0.1) is 0 Å². The third-order valence-electron chi connectivity index (χ3n) is 2.39. The highest BCUT2D eigenvalue weighted by Crippen LogP contribution is 2.17. The van der Waals surface area contributed by atoms with Gasteiger partial charge in [0.25, 0.3) is 0 Å². The zero-order chi connectivity index (χ0) is 11.3. The molecule has 1 aromatic carbocycles. The molecule has 0 spiro atoms. The number of nitrogens with one attached hydrogen (secondary N) is 1. The molecular formula is C12H17F2N. The van der Waals surface area contributed by atoms with E-state index in [4.69, 9.17) is 0 Å². The van der Waals surface area contributed by atoms with Crippen molar-refractivity contribution in [2.24, 2.45) is 0 Å². The molecule has 0 bridgehead atoms. The molecule has 0 aliphatic heterocycles. The summed E-state index contributed by atoms with van der Waals surface area (Å²) in [7, 11) is 0. The van der Waals surface area contributed by atoms with E-state index < -0.39 is 11.6 Å². The quantitative estimate of drug-likeness (QED) is 0.741. The topological polar surface area (TPSA) is 12.0 Å². The minimum absolute atomic E-state index is 0.201. The van der Waals surface area contributed by atoms with E-state index in [0.29, 0.717) is 0 Å². The average molecular weight is 213 g/mol. The Labute approximate surface area is 89.5 Å². The molecule has 1 nitrogen and oxygen atoms in total. The Balaban J connectivity index is 2.57. The first kappa shape index (κ1) is 12.1. The molecule has 1 atom stereocenters. The van der Waals surface area contributed by atoms with Gasteiger partial charge in [-0.05, 0) is 36.6 Å². The summed E-state index contributed by atoms with van der Waals surface area (Å²) in [4.78, 5) is 0. The summed E-state index contributed by atoms with van der Waals surface area (Å²) in [6, 6.07) is 4.09. The highest BCUT2D eigenvalue weighted by Gasteiger charge is 2.08. The molecule has 1 aromatic rings. The Hall–Kier alpha value is -0.960. The maximum absolute atomic E-state index is 12.9. The van der Waals surface area contributed by atoms with E-state index in [1.807, 2.05) is 6.92 Å². The normalized spacial score (nSPS) is 12.8. The number of hydrogen-bond donors (Lipinski definition) is 1. The second kappa shape index (κ2) is 5.81. The summed E-state index contributed by atoms with van der Waals surface area (Å²) in [5.41, 5.74) is 0.831. The van der Waals surface area contributed by atoms with Gasteiger partial charge in [-0.1, -0.05) is 19.9 Å². The maximum Gasteiger partial charge on any atom is 0.159 e. The molecule has 0 aliphatic rings. The van der Waals surface area contributed by atoms with Crippen LogP contribution in [0.1, 0.15) is 31.7 Å². The van der Waals surface area contributed by atoms with Gasteiger partial charge in [-0.2, -0.15) is 0 Å². The van der Waals surface area contributed by atoms with E-state index in [2.05, 4.69) is 12.2 Å². The van der Waals surface area contributed by atoms with Crippen LogP contribution in [0, 0.1) is 11.6 Å². The zero-order valence-corrected chi connectivity index (χ0v) is 9.19. The predicted molar refractivity (Wildman–Crippen MR) is 57.9 cm³/mol. The number of benzene rings is 1. The summed E-state index contributed by atoms with van der Waals surface area (Å²) in [6.07, 6.45) is 1.07. The second-order valence-corrected chi connectivity index (χ2v) is 3.78. The minimum atomic E-state index is -0.785. The van der Waals surface area contributed by atoms with E-state index in [-0.39, 0.29) is 5.92 Å². The van der Waals surface area contributed by atoms with Crippen molar-refractivity contribution in [3.8, 4) is 0 Å². The SMILES string of the molecule is CCCNCC(C)c1ccc(F)c(F)c1. The molecule has 3 heteroatoms. The van der Waals surface area contributed by atoms with E-state index in [9.17, 15) is 8.78 Å². The number of hydrogen-bond acceptors (Lipinski definition) is 1. The first-order chi connectivity index (χ1) is 7.15. The fraction of sp³-hybridized carbons (Fsp3) is 0.500. The third kappa shape index (κ3) is 3.59. The Kier molecular flexibility index (Phi) is 4.69. The molecule has 0 aliphatic carbocycles. The van der Waals surface area contributed by atoms with Gasteiger partial charge >= 0.3 is 0 Å². The van der Waals surface area contributed by atoms with Crippen LogP contribution in [0.2, 0.25) is 0 Å². The zero-order valence-electron chi connectivity index (χ0n) is 9.19. The molecule has 0 saturated heterocycles. The van der Waals surface area contributed by atoms with Crippen LogP contribution in [-0.2, 0) is 0 Å². The van der Waals surface area contributed by atoms with Crippen LogP contribution in [0.4, 0.5) is 8.78 Å². The first-order valence-electron chi connectivity index (χ1n) is 5.30. The summed E-state index contributed by atoms with van der Waals surface area (Å²) in [5, 5.41) is 3.25. The predicted octanol–water partition coefficient (Wildman–Crippen LogP) is 3.07. The minimum Gasteiger partial charge on any atom is -0.316 e. The number of rotatable bonds is 5. The Morgan fingerprint density at radius 1 is 1.27 bits per heavy atom. The lowest BCUT2D eigenvalue weighted by Crippen LogP contribution is -2.20. The van der Waals surface area contributed by atoms with Gasteiger partial charge in [0, 0.05) is 6.54 Å². The molecule has 0 fully saturated rings. The van der Waals surface area contributed by atoms with Crippen molar-refractivity contribution in [2.45, 2.75) is 26.2 Å². The fourth-order valence-corrected chi connectivity index (χ4v) is 1.43. The van der Waals surface area contributed by atoms with Crippen LogP contribution in [0.25, 0.3) is 0 Å². The molecule has 0 saturated carbocycles. The lowest BCUT2D eigenvalue weighted by molar-refractivity contribution is 0.504. The van der Waals surface area contributed by atoms with E-state index in [1.165, 1.54) is 12.1 Å². The molecule has 1 rings (SSSR count). The highest BCUT2D eigenvalue weighted by molar-refractivity contribution is 5.21. The third-order valence-corrected chi connectivity index (χ3v) is 2.39. The monoisotopic (exact) mass is 213 g/mol. The fourth-order valence-electron chi connectivity index (χ4n) is 1.43. The smallest absolute Gasteiger partial charge is 0.159 e. The molecule has 84 valence electrons. The van der Waals surface area contributed by atoms with Crippen LogP contribution in [-0.4, -0.2) is 13.1 Å². The summed E-state index contributed by atoms with van der Waals surface area (Å²) in [5.74, 6) is -1.35. The van der Waals surface area contributed by atoms with E-state index >= 15 is 0 Å². The average Bonchev–Trinajstić information content (AvgIpc) is 2.22. The Morgan fingerprint density at radius 2 is 2.00 bits per heavy atom. The van der Waals surface area contributed by atoms with Crippen LogP contribution in [0.5, 0.6) is 0 Å². The van der Waals surface area contributed by atoms with Crippen molar-refractivity contribution in [1.29, 1.82) is 0 Å². The van der Waals surface area contributed by atoms with Crippen molar-refractivity contribution >= 4 is 0 Å².